The maximum Gasteiger partial charge on any atom is 0.293 e. The van der Waals surface area contributed by atoms with Crippen molar-refractivity contribution in [3.05, 3.63) is 41.7 Å². The van der Waals surface area contributed by atoms with Gasteiger partial charge in [0.05, 0.1) is 13.2 Å². The van der Waals surface area contributed by atoms with E-state index in [9.17, 15) is 14.0 Å². The first kappa shape index (κ1) is 18.0. The Balaban J connectivity index is 1.91. The molecule has 1 fully saturated rings. The zero-order valence-corrected chi connectivity index (χ0v) is 14.4. The number of carbonyl (C=O) groups excluding carboxylic acids is 2. The molecule has 0 unspecified atom stereocenters. The van der Waals surface area contributed by atoms with Gasteiger partial charge in [-0.15, -0.1) is 5.10 Å². The molecular weight excluding hydrogens is 341 g/mol. The lowest BCUT2D eigenvalue weighted by molar-refractivity contribution is -0.133. The number of morpholine rings is 1. The average Bonchev–Trinajstić information content (AvgIpc) is 3.05. The number of ether oxygens (including phenoxy) is 1. The van der Waals surface area contributed by atoms with Gasteiger partial charge in [0.2, 0.25) is 11.7 Å². The van der Waals surface area contributed by atoms with E-state index in [0.717, 1.165) is 6.42 Å². The molecule has 138 valence electrons. The van der Waals surface area contributed by atoms with Crippen LogP contribution in [0.4, 0.5) is 4.39 Å². The molecule has 0 spiro atoms. The van der Waals surface area contributed by atoms with Gasteiger partial charge in [-0.3, -0.25) is 9.59 Å². The lowest BCUT2D eigenvalue weighted by atomic mass is 10.2. The van der Waals surface area contributed by atoms with Crippen molar-refractivity contribution in [3.63, 3.8) is 0 Å². The molecule has 3 rings (SSSR count). The number of nitrogens with two attached hydrogens (primary N) is 1. The minimum atomic E-state index is -0.850. The van der Waals surface area contributed by atoms with E-state index in [1.807, 2.05) is 6.92 Å². The van der Waals surface area contributed by atoms with Gasteiger partial charge in [-0.05, 0) is 18.6 Å². The van der Waals surface area contributed by atoms with Crippen LogP contribution in [0.25, 0.3) is 5.69 Å². The highest BCUT2D eigenvalue weighted by atomic mass is 19.1. The van der Waals surface area contributed by atoms with E-state index >= 15 is 0 Å². The van der Waals surface area contributed by atoms with Crippen LogP contribution in [0.1, 0.15) is 29.8 Å². The quantitative estimate of drug-likeness (QED) is 0.844. The van der Waals surface area contributed by atoms with Gasteiger partial charge in [0.25, 0.3) is 5.91 Å². The predicted molar refractivity (Wildman–Crippen MR) is 90.1 cm³/mol. The Kier molecular flexibility index (Phi) is 5.27. The van der Waals surface area contributed by atoms with Gasteiger partial charge in [0.1, 0.15) is 17.3 Å². The minimum absolute atomic E-state index is 0.0400. The van der Waals surface area contributed by atoms with E-state index in [1.165, 1.54) is 15.6 Å². The molecule has 26 heavy (non-hydrogen) atoms. The second kappa shape index (κ2) is 7.61. The van der Waals surface area contributed by atoms with Crippen molar-refractivity contribution in [1.29, 1.82) is 0 Å². The average molecular weight is 361 g/mol. The number of hydrogen-bond acceptors (Lipinski definition) is 5. The highest BCUT2D eigenvalue weighted by molar-refractivity contribution is 5.91. The summed E-state index contributed by atoms with van der Waals surface area (Å²) in [6.07, 6.45) is 0.459. The highest BCUT2D eigenvalue weighted by Crippen LogP contribution is 2.17. The van der Waals surface area contributed by atoms with Crippen molar-refractivity contribution in [1.82, 2.24) is 19.7 Å². The number of benzene rings is 1. The van der Waals surface area contributed by atoms with Crippen molar-refractivity contribution in [2.24, 2.45) is 5.73 Å². The predicted octanol–water partition coefficient (Wildman–Crippen LogP) is 0.685. The first-order valence-corrected chi connectivity index (χ1v) is 8.42. The summed E-state index contributed by atoms with van der Waals surface area (Å²) in [6, 6.07) is 6.18. The van der Waals surface area contributed by atoms with Crippen LogP contribution in [0, 0.1) is 5.82 Å². The molecule has 2 N–H and O–H groups in total. The van der Waals surface area contributed by atoms with Gasteiger partial charge in [-0.2, -0.15) is 0 Å². The second-order valence-electron chi connectivity index (χ2n) is 5.98. The first-order valence-electron chi connectivity index (χ1n) is 8.42. The van der Waals surface area contributed by atoms with Crippen molar-refractivity contribution in [3.8, 4) is 5.69 Å². The topological polar surface area (TPSA) is 103 Å². The minimum Gasteiger partial charge on any atom is -0.367 e. The van der Waals surface area contributed by atoms with Crippen LogP contribution in [-0.2, 0) is 16.0 Å². The molecular formula is C17H20FN5O3. The first-order chi connectivity index (χ1) is 12.5. The Bertz CT molecular complexity index is 822. The summed E-state index contributed by atoms with van der Waals surface area (Å²) in [5.41, 5.74) is 5.49. The molecule has 0 aliphatic carbocycles. The van der Waals surface area contributed by atoms with E-state index in [4.69, 9.17) is 10.5 Å². The Hall–Kier alpha value is -2.81. The highest BCUT2D eigenvalue weighted by Gasteiger charge is 2.30. The van der Waals surface area contributed by atoms with Crippen LogP contribution >= 0.6 is 0 Å². The standard InChI is InChI=1S/C17H20FN5O3/c1-2-5-14-20-16(21-23(14)12-7-4-3-6-11(12)18)17(25)22-8-9-26-13(10-22)15(19)24/h3-4,6-7,13H,2,5,8-10H2,1H3,(H2,19,24)/t13-/m1/s1. The molecule has 0 bridgehead atoms. The number of amides is 2. The summed E-state index contributed by atoms with van der Waals surface area (Å²) in [7, 11) is 0. The number of hydrogen-bond donors (Lipinski definition) is 1. The number of aryl methyl sites for hydroxylation is 1. The largest absolute Gasteiger partial charge is 0.367 e. The normalized spacial score (nSPS) is 17.3. The molecule has 0 saturated carbocycles. The van der Waals surface area contributed by atoms with Crippen LogP contribution in [0.2, 0.25) is 0 Å². The molecule has 2 heterocycles. The summed E-state index contributed by atoms with van der Waals surface area (Å²) in [5, 5.41) is 4.22. The van der Waals surface area contributed by atoms with Crippen molar-refractivity contribution >= 4 is 11.8 Å². The van der Waals surface area contributed by atoms with E-state index in [0.29, 0.717) is 18.8 Å². The Labute approximate surface area is 149 Å². The monoisotopic (exact) mass is 361 g/mol. The van der Waals surface area contributed by atoms with Crippen LogP contribution < -0.4 is 5.73 Å². The van der Waals surface area contributed by atoms with E-state index < -0.39 is 23.7 Å². The van der Waals surface area contributed by atoms with E-state index in [-0.39, 0.29) is 24.7 Å². The van der Waals surface area contributed by atoms with Gasteiger partial charge in [0.15, 0.2) is 6.10 Å². The van der Waals surface area contributed by atoms with Crippen LogP contribution in [0.3, 0.4) is 0 Å². The Morgan fingerprint density at radius 1 is 1.38 bits per heavy atom. The summed E-state index contributed by atoms with van der Waals surface area (Å²) >= 11 is 0. The second-order valence-corrected chi connectivity index (χ2v) is 5.98. The van der Waals surface area contributed by atoms with Crippen LogP contribution in [0.5, 0.6) is 0 Å². The molecule has 1 atom stereocenters. The fourth-order valence-corrected chi connectivity index (χ4v) is 2.78. The van der Waals surface area contributed by atoms with Crippen molar-refractivity contribution < 1.29 is 18.7 Å². The van der Waals surface area contributed by atoms with Gasteiger partial charge in [-0.25, -0.2) is 14.1 Å². The van der Waals surface area contributed by atoms with Crippen LogP contribution in [-0.4, -0.2) is 57.3 Å². The lowest BCUT2D eigenvalue weighted by Gasteiger charge is -2.30. The molecule has 0 radical (unpaired) electrons. The zero-order chi connectivity index (χ0) is 18.7. The Morgan fingerprint density at radius 2 is 2.15 bits per heavy atom. The summed E-state index contributed by atoms with van der Waals surface area (Å²) in [6.45, 7) is 2.52. The van der Waals surface area contributed by atoms with Gasteiger partial charge >= 0.3 is 0 Å². The molecule has 1 aliphatic heterocycles. The number of halogens is 1. The zero-order valence-electron chi connectivity index (χ0n) is 14.4. The number of aromatic nitrogens is 3. The van der Waals surface area contributed by atoms with Gasteiger partial charge in [-0.1, -0.05) is 19.1 Å². The summed E-state index contributed by atoms with van der Waals surface area (Å²) < 4.78 is 20.8. The number of carbonyl (C=O) groups is 2. The molecule has 1 aromatic carbocycles. The van der Waals surface area contributed by atoms with Crippen molar-refractivity contribution in [2.75, 3.05) is 19.7 Å². The summed E-state index contributed by atoms with van der Waals surface area (Å²) in [4.78, 5) is 29.8. The molecule has 9 heteroatoms. The molecule has 8 nitrogen and oxygen atoms in total. The third-order valence-corrected chi connectivity index (χ3v) is 4.09. The molecule has 1 saturated heterocycles. The lowest BCUT2D eigenvalue weighted by Crippen LogP contribution is -2.50. The Morgan fingerprint density at radius 3 is 2.85 bits per heavy atom. The fraction of sp³-hybridized carbons (Fsp3) is 0.412. The number of para-hydroxylation sites is 1. The maximum atomic E-state index is 14.1. The molecule has 1 aromatic heterocycles. The SMILES string of the molecule is CCCc1nc(C(=O)N2CCO[C@@H](C(N)=O)C2)nn1-c1ccccc1F. The third-order valence-electron chi connectivity index (χ3n) is 4.09. The fourth-order valence-electron chi connectivity index (χ4n) is 2.78. The van der Waals surface area contributed by atoms with E-state index in [2.05, 4.69) is 10.1 Å². The van der Waals surface area contributed by atoms with Gasteiger partial charge < -0.3 is 15.4 Å². The van der Waals surface area contributed by atoms with Crippen LogP contribution in [0.15, 0.2) is 24.3 Å². The third kappa shape index (κ3) is 3.57. The number of rotatable bonds is 5. The number of nitrogens with zero attached hydrogens (tertiary/aromatic N) is 4. The molecule has 1 aliphatic rings. The summed E-state index contributed by atoms with van der Waals surface area (Å²) in [5.74, 6) is -1.05. The molecule has 2 aromatic rings. The van der Waals surface area contributed by atoms with Crippen molar-refractivity contribution in [2.45, 2.75) is 25.9 Å². The smallest absolute Gasteiger partial charge is 0.293 e. The van der Waals surface area contributed by atoms with Gasteiger partial charge in [0, 0.05) is 13.0 Å². The number of primary amides is 1. The van der Waals surface area contributed by atoms with E-state index in [1.54, 1.807) is 18.2 Å². The maximum absolute atomic E-state index is 14.1. The molecule has 2 amide bonds.